The maximum atomic E-state index is 5.42. The van der Waals surface area contributed by atoms with E-state index in [-0.39, 0.29) is 0 Å². The van der Waals surface area contributed by atoms with Gasteiger partial charge in [-0.05, 0) is 44.4 Å². The number of piperidine rings is 1. The predicted octanol–water partition coefficient (Wildman–Crippen LogP) is 2.43. The number of ether oxygens (including phenoxy) is 1. The van der Waals surface area contributed by atoms with Crippen molar-refractivity contribution in [3.8, 4) is 0 Å². The SMILES string of the molecule is COCC1(CC2CCCS2)CCCCN1. The zero-order chi connectivity index (χ0) is 10.6. The van der Waals surface area contributed by atoms with Crippen molar-refractivity contribution in [3.63, 3.8) is 0 Å². The zero-order valence-electron chi connectivity index (χ0n) is 9.76. The Morgan fingerprint density at radius 1 is 1.40 bits per heavy atom. The Kier molecular flexibility index (Phi) is 4.35. The van der Waals surface area contributed by atoms with Crippen molar-refractivity contribution in [2.24, 2.45) is 0 Å². The van der Waals surface area contributed by atoms with E-state index in [0.717, 1.165) is 11.9 Å². The molecule has 0 bridgehead atoms. The van der Waals surface area contributed by atoms with Gasteiger partial charge in [0.15, 0.2) is 0 Å². The fourth-order valence-electron chi connectivity index (χ4n) is 2.90. The first-order valence-corrected chi connectivity index (χ1v) is 7.25. The Bertz CT molecular complexity index is 181. The molecule has 2 rings (SSSR count). The van der Waals surface area contributed by atoms with Gasteiger partial charge in [-0.15, -0.1) is 0 Å². The predicted molar refractivity (Wildman–Crippen MR) is 66.6 cm³/mol. The normalized spacial score (nSPS) is 37.0. The average molecular weight is 229 g/mol. The van der Waals surface area contributed by atoms with Crippen molar-refractivity contribution >= 4 is 11.8 Å². The average Bonchev–Trinajstić information content (AvgIpc) is 2.72. The van der Waals surface area contributed by atoms with Crippen molar-refractivity contribution < 1.29 is 4.74 Å². The highest BCUT2D eigenvalue weighted by molar-refractivity contribution is 8.00. The summed E-state index contributed by atoms with van der Waals surface area (Å²) in [5.74, 6) is 1.37. The maximum absolute atomic E-state index is 5.42. The highest BCUT2D eigenvalue weighted by atomic mass is 32.2. The van der Waals surface area contributed by atoms with Gasteiger partial charge in [0.25, 0.3) is 0 Å². The third-order valence-corrected chi connectivity index (χ3v) is 5.04. The van der Waals surface area contributed by atoms with E-state index in [1.54, 1.807) is 0 Å². The molecule has 0 aromatic rings. The fourth-order valence-corrected chi connectivity index (χ4v) is 4.34. The Balaban J connectivity index is 1.90. The van der Waals surface area contributed by atoms with E-state index in [1.165, 1.54) is 50.8 Å². The lowest BCUT2D eigenvalue weighted by molar-refractivity contribution is 0.0831. The summed E-state index contributed by atoms with van der Waals surface area (Å²) in [5.41, 5.74) is 0.301. The van der Waals surface area contributed by atoms with Crippen LogP contribution in [0, 0.1) is 0 Å². The van der Waals surface area contributed by atoms with E-state index in [9.17, 15) is 0 Å². The van der Waals surface area contributed by atoms with Gasteiger partial charge in [-0.2, -0.15) is 11.8 Å². The first-order valence-electron chi connectivity index (χ1n) is 6.20. The third kappa shape index (κ3) is 3.11. The minimum atomic E-state index is 0.301. The first kappa shape index (κ1) is 11.7. The van der Waals surface area contributed by atoms with E-state index < -0.39 is 0 Å². The molecule has 0 spiro atoms. The molecule has 0 aliphatic carbocycles. The van der Waals surface area contributed by atoms with Crippen LogP contribution in [0.25, 0.3) is 0 Å². The van der Waals surface area contributed by atoms with Crippen LogP contribution in [0.1, 0.15) is 38.5 Å². The van der Waals surface area contributed by atoms with Crippen LogP contribution in [0.15, 0.2) is 0 Å². The summed E-state index contributed by atoms with van der Waals surface area (Å²) in [4.78, 5) is 0. The van der Waals surface area contributed by atoms with Crippen molar-refractivity contribution in [1.82, 2.24) is 5.32 Å². The summed E-state index contributed by atoms with van der Waals surface area (Å²) in [6.45, 7) is 2.07. The number of nitrogens with one attached hydrogen (secondary N) is 1. The summed E-state index contributed by atoms with van der Waals surface area (Å²) in [6.07, 6.45) is 8.15. The Morgan fingerprint density at radius 3 is 2.93 bits per heavy atom. The minimum Gasteiger partial charge on any atom is -0.383 e. The lowest BCUT2D eigenvalue weighted by Gasteiger charge is -2.39. The molecular weight excluding hydrogens is 206 g/mol. The van der Waals surface area contributed by atoms with Gasteiger partial charge in [0.1, 0.15) is 0 Å². The molecule has 2 heterocycles. The molecule has 2 fully saturated rings. The van der Waals surface area contributed by atoms with Crippen LogP contribution in [0.5, 0.6) is 0 Å². The van der Waals surface area contributed by atoms with Crippen LogP contribution in [0.2, 0.25) is 0 Å². The van der Waals surface area contributed by atoms with Gasteiger partial charge >= 0.3 is 0 Å². The maximum Gasteiger partial charge on any atom is 0.0644 e. The fraction of sp³-hybridized carbons (Fsp3) is 1.00. The number of rotatable bonds is 4. The van der Waals surface area contributed by atoms with Gasteiger partial charge in [0.05, 0.1) is 6.61 Å². The van der Waals surface area contributed by atoms with Gasteiger partial charge in [0.2, 0.25) is 0 Å². The number of thioether (sulfide) groups is 1. The standard InChI is InChI=1S/C12H23NOS/c1-14-10-12(6-2-3-7-13-12)9-11-5-4-8-15-11/h11,13H,2-10H2,1H3. The lowest BCUT2D eigenvalue weighted by atomic mass is 9.84. The molecule has 0 amide bonds. The highest BCUT2D eigenvalue weighted by Gasteiger charge is 2.35. The summed E-state index contributed by atoms with van der Waals surface area (Å²) >= 11 is 2.16. The number of hydrogen-bond acceptors (Lipinski definition) is 3. The van der Waals surface area contributed by atoms with Crippen LogP contribution in [-0.4, -0.2) is 36.8 Å². The van der Waals surface area contributed by atoms with Gasteiger partial charge in [0, 0.05) is 17.9 Å². The van der Waals surface area contributed by atoms with E-state index >= 15 is 0 Å². The van der Waals surface area contributed by atoms with Crippen molar-refractivity contribution in [1.29, 1.82) is 0 Å². The van der Waals surface area contributed by atoms with Gasteiger partial charge in [-0.25, -0.2) is 0 Å². The lowest BCUT2D eigenvalue weighted by Crippen LogP contribution is -2.53. The Morgan fingerprint density at radius 2 is 2.33 bits per heavy atom. The molecule has 0 radical (unpaired) electrons. The second-order valence-electron chi connectivity index (χ2n) is 4.94. The van der Waals surface area contributed by atoms with Crippen LogP contribution in [0.4, 0.5) is 0 Å². The summed E-state index contributed by atoms with van der Waals surface area (Å²) in [6, 6.07) is 0. The van der Waals surface area contributed by atoms with Crippen LogP contribution in [-0.2, 0) is 4.74 Å². The second kappa shape index (κ2) is 5.55. The van der Waals surface area contributed by atoms with Crippen LogP contribution < -0.4 is 5.32 Å². The number of hydrogen-bond donors (Lipinski definition) is 1. The van der Waals surface area contributed by atoms with Gasteiger partial charge in [-0.1, -0.05) is 6.42 Å². The number of methoxy groups -OCH3 is 1. The molecule has 2 unspecified atom stereocenters. The minimum absolute atomic E-state index is 0.301. The quantitative estimate of drug-likeness (QED) is 0.800. The van der Waals surface area contributed by atoms with E-state index in [2.05, 4.69) is 17.1 Å². The Hall–Kier alpha value is 0.270. The molecule has 2 aliphatic heterocycles. The Labute approximate surface area is 97.5 Å². The molecule has 2 aliphatic rings. The third-order valence-electron chi connectivity index (χ3n) is 3.65. The molecule has 3 heteroatoms. The van der Waals surface area contributed by atoms with Crippen molar-refractivity contribution in [3.05, 3.63) is 0 Å². The molecule has 2 saturated heterocycles. The molecule has 0 aromatic heterocycles. The van der Waals surface area contributed by atoms with Crippen molar-refractivity contribution in [2.75, 3.05) is 26.0 Å². The van der Waals surface area contributed by atoms with E-state index in [4.69, 9.17) is 4.74 Å². The molecule has 88 valence electrons. The largest absolute Gasteiger partial charge is 0.383 e. The zero-order valence-corrected chi connectivity index (χ0v) is 10.6. The van der Waals surface area contributed by atoms with Gasteiger partial charge < -0.3 is 10.1 Å². The molecule has 1 N–H and O–H groups in total. The molecular formula is C12H23NOS. The molecule has 0 saturated carbocycles. The van der Waals surface area contributed by atoms with Crippen molar-refractivity contribution in [2.45, 2.75) is 49.3 Å². The highest BCUT2D eigenvalue weighted by Crippen LogP contribution is 2.35. The van der Waals surface area contributed by atoms with Crippen LogP contribution in [0.3, 0.4) is 0 Å². The summed E-state index contributed by atoms with van der Waals surface area (Å²) in [5, 5.41) is 4.60. The summed E-state index contributed by atoms with van der Waals surface area (Å²) in [7, 11) is 1.83. The smallest absolute Gasteiger partial charge is 0.0644 e. The molecule has 2 nitrogen and oxygen atoms in total. The summed E-state index contributed by atoms with van der Waals surface area (Å²) < 4.78 is 5.42. The topological polar surface area (TPSA) is 21.3 Å². The van der Waals surface area contributed by atoms with Gasteiger partial charge in [-0.3, -0.25) is 0 Å². The van der Waals surface area contributed by atoms with E-state index in [1.807, 2.05) is 7.11 Å². The first-order chi connectivity index (χ1) is 7.35. The van der Waals surface area contributed by atoms with Crippen LogP contribution >= 0.6 is 11.8 Å². The van der Waals surface area contributed by atoms with E-state index in [0.29, 0.717) is 5.54 Å². The molecule has 15 heavy (non-hydrogen) atoms. The monoisotopic (exact) mass is 229 g/mol. The molecule has 2 atom stereocenters. The molecule has 0 aromatic carbocycles. The second-order valence-corrected chi connectivity index (χ2v) is 6.34.